The molecule has 140 valence electrons. The number of amides is 1. The first-order chi connectivity index (χ1) is 13.1. The van der Waals surface area contributed by atoms with Gasteiger partial charge < -0.3 is 9.64 Å². The fourth-order valence-corrected chi connectivity index (χ4v) is 4.26. The Morgan fingerprint density at radius 1 is 1.22 bits per heavy atom. The molecule has 6 heteroatoms. The summed E-state index contributed by atoms with van der Waals surface area (Å²) in [5, 5.41) is 0.729. The lowest BCUT2D eigenvalue weighted by Gasteiger charge is -2.23. The summed E-state index contributed by atoms with van der Waals surface area (Å²) in [5.74, 6) is -0.0340. The molecule has 2 aromatic carbocycles. The molecular weight excluding hydrogens is 358 g/mol. The molecule has 5 nitrogen and oxygen atoms in total. The summed E-state index contributed by atoms with van der Waals surface area (Å²) in [6.45, 7) is 1.30. The van der Waals surface area contributed by atoms with Crippen LogP contribution >= 0.6 is 11.3 Å². The summed E-state index contributed by atoms with van der Waals surface area (Å²) in [4.78, 5) is 21.9. The van der Waals surface area contributed by atoms with E-state index >= 15 is 0 Å². The number of hydrogen-bond acceptors (Lipinski definition) is 5. The van der Waals surface area contributed by atoms with Crippen LogP contribution in [0.1, 0.15) is 23.2 Å². The average molecular weight is 382 g/mol. The number of nitrogens with zero attached hydrogens (tertiary/aromatic N) is 3. The van der Waals surface area contributed by atoms with E-state index in [9.17, 15) is 4.79 Å². The summed E-state index contributed by atoms with van der Waals surface area (Å²) < 4.78 is 6.88. The van der Waals surface area contributed by atoms with Gasteiger partial charge in [0.05, 0.1) is 22.9 Å². The number of aromatic nitrogens is 1. The van der Waals surface area contributed by atoms with Gasteiger partial charge in [0.15, 0.2) is 5.13 Å². The SMILES string of the molecule is CN(C)c1cccc(C(=O)N(CC2CCCO2)c2nc3ccccc3s2)c1. The highest BCUT2D eigenvalue weighted by Gasteiger charge is 2.27. The van der Waals surface area contributed by atoms with Crippen LogP contribution in [0.15, 0.2) is 48.5 Å². The van der Waals surface area contributed by atoms with Crippen molar-refractivity contribution in [1.82, 2.24) is 4.98 Å². The fraction of sp³-hybridized carbons (Fsp3) is 0.333. The third kappa shape index (κ3) is 3.82. The topological polar surface area (TPSA) is 45.7 Å². The predicted molar refractivity (Wildman–Crippen MR) is 111 cm³/mol. The molecule has 2 heterocycles. The smallest absolute Gasteiger partial charge is 0.260 e. The van der Waals surface area contributed by atoms with Crippen molar-refractivity contribution in [3.8, 4) is 0 Å². The van der Waals surface area contributed by atoms with Crippen LogP contribution in [-0.2, 0) is 4.74 Å². The van der Waals surface area contributed by atoms with Crippen molar-refractivity contribution < 1.29 is 9.53 Å². The van der Waals surface area contributed by atoms with Crippen molar-refractivity contribution in [2.75, 3.05) is 37.0 Å². The molecule has 1 aliphatic heterocycles. The van der Waals surface area contributed by atoms with Gasteiger partial charge in [-0.15, -0.1) is 0 Å². The van der Waals surface area contributed by atoms with E-state index in [0.29, 0.717) is 12.1 Å². The molecule has 4 rings (SSSR count). The van der Waals surface area contributed by atoms with Crippen LogP contribution in [0.2, 0.25) is 0 Å². The maximum absolute atomic E-state index is 13.4. The van der Waals surface area contributed by atoms with E-state index in [1.807, 2.05) is 67.5 Å². The highest BCUT2D eigenvalue weighted by Crippen LogP contribution is 2.31. The first kappa shape index (κ1) is 17.9. The average Bonchev–Trinajstić information content (AvgIpc) is 3.34. The lowest BCUT2D eigenvalue weighted by atomic mass is 10.1. The van der Waals surface area contributed by atoms with Crippen molar-refractivity contribution >= 4 is 38.3 Å². The number of hydrogen-bond donors (Lipinski definition) is 0. The van der Waals surface area contributed by atoms with Gasteiger partial charge >= 0.3 is 0 Å². The third-order valence-corrected chi connectivity index (χ3v) is 5.84. The Bertz CT molecular complexity index is 914. The van der Waals surface area contributed by atoms with Crippen LogP contribution in [0, 0.1) is 0 Å². The zero-order chi connectivity index (χ0) is 18.8. The predicted octanol–water partition coefficient (Wildman–Crippen LogP) is 4.19. The van der Waals surface area contributed by atoms with Crippen LogP contribution < -0.4 is 9.80 Å². The molecule has 1 saturated heterocycles. The monoisotopic (exact) mass is 381 g/mol. The Hall–Kier alpha value is -2.44. The molecule has 1 aromatic heterocycles. The quantitative estimate of drug-likeness (QED) is 0.665. The second-order valence-electron chi connectivity index (χ2n) is 6.96. The number of thiazole rings is 1. The summed E-state index contributed by atoms with van der Waals surface area (Å²) in [6, 6.07) is 15.7. The Morgan fingerprint density at radius 2 is 2.07 bits per heavy atom. The van der Waals surface area contributed by atoms with Gasteiger partial charge in [0, 0.05) is 32.0 Å². The van der Waals surface area contributed by atoms with Gasteiger partial charge in [0.25, 0.3) is 5.91 Å². The molecule has 1 amide bonds. The van der Waals surface area contributed by atoms with Crippen molar-refractivity contribution in [2.45, 2.75) is 18.9 Å². The second kappa shape index (κ2) is 7.66. The normalized spacial score (nSPS) is 16.6. The number of ether oxygens (including phenoxy) is 1. The Balaban J connectivity index is 1.70. The highest BCUT2D eigenvalue weighted by atomic mass is 32.1. The third-order valence-electron chi connectivity index (χ3n) is 4.78. The largest absolute Gasteiger partial charge is 0.378 e. The molecule has 1 atom stereocenters. The number of para-hydroxylation sites is 1. The van der Waals surface area contributed by atoms with E-state index in [2.05, 4.69) is 0 Å². The number of anilines is 2. The maximum atomic E-state index is 13.4. The van der Waals surface area contributed by atoms with Gasteiger partial charge in [-0.2, -0.15) is 0 Å². The van der Waals surface area contributed by atoms with E-state index < -0.39 is 0 Å². The van der Waals surface area contributed by atoms with Crippen LogP contribution in [-0.4, -0.2) is 44.2 Å². The number of rotatable bonds is 5. The van der Waals surface area contributed by atoms with Gasteiger partial charge in [0.1, 0.15) is 0 Å². The first-order valence-electron chi connectivity index (χ1n) is 9.18. The number of benzene rings is 2. The molecule has 27 heavy (non-hydrogen) atoms. The van der Waals surface area contributed by atoms with Crippen molar-refractivity contribution in [1.29, 1.82) is 0 Å². The number of fused-ring (bicyclic) bond motifs is 1. The molecule has 3 aromatic rings. The lowest BCUT2D eigenvalue weighted by molar-refractivity contribution is 0.0917. The molecule has 0 aliphatic carbocycles. The van der Waals surface area contributed by atoms with Crippen molar-refractivity contribution in [3.63, 3.8) is 0 Å². The molecule has 0 bridgehead atoms. The van der Waals surface area contributed by atoms with Gasteiger partial charge in [-0.05, 0) is 43.2 Å². The van der Waals surface area contributed by atoms with Crippen LogP contribution in [0.4, 0.5) is 10.8 Å². The molecule has 1 unspecified atom stereocenters. The minimum absolute atomic E-state index is 0.0340. The Kier molecular flexibility index (Phi) is 5.09. The minimum atomic E-state index is -0.0340. The number of carbonyl (C=O) groups is 1. The summed E-state index contributed by atoms with van der Waals surface area (Å²) in [6.07, 6.45) is 2.09. The Morgan fingerprint density at radius 3 is 2.81 bits per heavy atom. The van der Waals surface area contributed by atoms with E-state index in [4.69, 9.17) is 9.72 Å². The molecule has 0 spiro atoms. The van der Waals surface area contributed by atoms with Crippen LogP contribution in [0.3, 0.4) is 0 Å². The maximum Gasteiger partial charge on any atom is 0.260 e. The van der Waals surface area contributed by atoms with E-state index in [-0.39, 0.29) is 12.0 Å². The van der Waals surface area contributed by atoms with Crippen molar-refractivity contribution in [2.24, 2.45) is 0 Å². The molecular formula is C21H23N3O2S. The van der Waals surface area contributed by atoms with E-state index in [1.165, 1.54) is 0 Å². The van der Waals surface area contributed by atoms with E-state index in [0.717, 1.165) is 40.5 Å². The zero-order valence-electron chi connectivity index (χ0n) is 15.6. The van der Waals surface area contributed by atoms with Crippen LogP contribution in [0.5, 0.6) is 0 Å². The fourth-order valence-electron chi connectivity index (χ4n) is 3.29. The minimum Gasteiger partial charge on any atom is -0.378 e. The molecule has 0 radical (unpaired) electrons. The van der Waals surface area contributed by atoms with Crippen molar-refractivity contribution in [3.05, 3.63) is 54.1 Å². The Labute approximate surface area is 163 Å². The zero-order valence-corrected chi connectivity index (χ0v) is 16.4. The van der Waals surface area contributed by atoms with Gasteiger partial charge in [-0.25, -0.2) is 4.98 Å². The molecule has 1 fully saturated rings. The van der Waals surface area contributed by atoms with E-state index in [1.54, 1.807) is 16.2 Å². The molecule has 0 N–H and O–H groups in total. The summed E-state index contributed by atoms with van der Waals surface area (Å²) in [5.41, 5.74) is 2.59. The first-order valence-corrected chi connectivity index (χ1v) is 10.00. The number of carbonyl (C=O) groups excluding carboxylic acids is 1. The van der Waals surface area contributed by atoms with Gasteiger partial charge in [-0.3, -0.25) is 9.69 Å². The molecule has 0 saturated carbocycles. The second-order valence-corrected chi connectivity index (χ2v) is 7.97. The summed E-state index contributed by atoms with van der Waals surface area (Å²) in [7, 11) is 3.95. The van der Waals surface area contributed by atoms with Gasteiger partial charge in [0.2, 0.25) is 0 Å². The van der Waals surface area contributed by atoms with Crippen LogP contribution in [0.25, 0.3) is 10.2 Å². The van der Waals surface area contributed by atoms with Gasteiger partial charge in [-0.1, -0.05) is 29.5 Å². The highest BCUT2D eigenvalue weighted by molar-refractivity contribution is 7.22. The molecule has 1 aliphatic rings. The summed E-state index contributed by atoms with van der Waals surface area (Å²) >= 11 is 1.55. The lowest BCUT2D eigenvalue weighted by Crippen LogP contribution is -2.37. The standard InChI is InChI=1S/C21H23N3O2S/c1-23(2)16-8-5-7-15(13-16)20(25)24(14-17-9-6-12-26-17)21-22-18-10-3-4-11-19(18)27-21/h3-5,7-8,10-11,13,17H,6,9,12,14H2,1-2H3.